The Bertz CT molecular complexity index is 1040. The number of alkyl halides is 3. The molecule has 1 aliphatic rings. The van der Waals surface area contributed by atoms with E-state index in [4.69, 9.17) is 0 Å². The number of thioether (sulfide) groups is 1. The van der Waals surface area contributed by atoms with Crippen molar-refractivity contribution in [2.75, 3.05) is 5.75 Å². The molecule has 1 aromatic heterocycles. The molecular formula is C17H10F4N2OS. The molecule has 0 fully saturated rings. The average Bonchev–Trinajstić information content (AvgIpc) is 2.58. The Labute approximate surface area is 143 Å². The SMILES string of the molecule is O=c1ncc2cc(C(F)(F)F)c(-c3ccc(F)cc3)c3c2n1CCS3. The Morgan fingerprint density at radius 3 is 2.56 bits per heavy atom. The minimum atomic E-state index is -4.59. The first-order chi connectivity index (χ1) is 11.9. The molecule has 0 saturated heterocycles. The molecule has 0 spiro atoms. The summed E-state index contributed by atoms with van der Waals surface area (Å²) < 4.78 is 55.7. The van der Waals surface area contributed by atoms with Crippen molar-refractivity contribution in [1.82, 2.24) is 9.55 Å². The number of halogens is 4. The molecule has 0 N–H and O–H groups in total. The van der Waals surface area contributed by atoms with Crippen LogP contribution in [0.4, 0.5) is 17.6 Å². The maximum atomic E-state index is 13.7. The van der Waals surface area contributed by atoms with E-state index in [1.165, 1.54) is 34.7 Å². The molecule has 0 amide bonds. The van der Waals surface area contributed by atoms with E-state index in [9.17, 15) is 22.4 Å². The Morgan fingerprint density at radius 2 is 1.88 bits per heavy atom. The highest BCUT2D eigenvalue weighted by molar-refractivity contribution is 7.99. The number of hydrogen-bond acceptors (Lipinski definition) is 3. The Morgan fingerprint density at radius 1 is 1.16 bits per heavy atom. The summed E-state index contributed by atoms with van der Waals surface area (Å²) in [6.45, 7) is 0.384. The fourth-order valence-electron chi connectivity index (χ4n) is 3.05. The number of hydrogen-bond donors (Lipinski definition) is 0. The predicted octanol–water partition coefficient (Wildman–Crippen LogP) is 4.33. The van der Waals surface area contributed by atoms with Gasteiger partial charge in [-0.3, -0.25) is 4.57 Å². The average molecular weight is 366 g/mol. The number of benzene rings is 2. The van der Waals surface area contributed by atoms with Crippen LogP contribution in [0.2, 0.25) is 0 Å². The van der Waals surface area contributed by atoms with Crippen LogP contribution in [0.25, 0.3) is 22.0 Å². The van der Waals surface area contributed by atoms with Gasteiger partial charge in [0.15, 0.2) is 0 Å². The van der Waals surface area contributed by atoms with E-state index >= 15 is 0 Å². The minimum Gasteiger partial charge on any atom is -0.290 e. The van der Waals surface area contributed by atoms with Gasteiger partial charge < -0.3 is 0 Å². The van der Waals surface area contributed by atoms with Gasteiger partial charge in [0.1, 0.15) is 5.82 Å². The van der Waals surface area contributed by atoms with Crippen molar-refractivity contribution in [1.29, 1.82) is 0 Å². The predicted molar refractivity (Wildman–Crippen MR) is 87.1 cm³/mol. The van der Waals surface area contributed by atoms with Crippen molar-refractivity contribution >= 4 is 22.7 Å². The lowest BCUT2D eigenvalue weighted by molar-refractivity contribution is -0.137. The van der Waals surface area contributed by atoms with Crippen molar-refractivity contribution in [2.24, 2.45) is 0 Å². The standard InChI is InChI=1S/C17H10F4N2OS/c18-11-3-1-9(2-4-11)13-12(17(19,20)21)7-10-8-22-16(24)23-5-6-25-15(13)14(10)23/h1-4,7-8H,5-6H2. The van der Waals surface area contributed by atoms with Crippen LogP contribution in [-0.2, 0) is 12.7 Å². The van der Waals surface area contributed by atoms with Gasteiger partial charge in [-0.2, -0.15) is 13.2 Å². The first-order valence-corrected chi connectivity index (χ1v) is 8.37. The van der Waals surface area contributed by atoms with Crippen molar-refractivity contribution < 1.29 is 17.6 Å². The normalized spacial score (nSPS) is 14.1. The van der Waals surface area contributed by atoms with Crippen LogP contribution in [0.5, 0.6) is 0 Å². The quantitative estimate of drug-likeness (QED) is 0.602. The number of nitrogens with zero attached hydrogens (tertiary/aromatic N) is 2. The summed E-state index contributed by atoms with van der Waals surface area (Å²) in [5, 5.41) is 0.264. The highest BCUT2D eigenvalue weighted by Crippen LogP contribution is 2.46. The molecule has 2 aromatic carbocycles. The molecule has 4 rings (SSSR count). The van der Waals surface area contributed by atoms with E-state index < -0.39 is 23.2 Å². The smallest absolute Gasteiger partial charge is 0.290 e. The molecule has 0 aliphatic carbocycles. The zero-order chi connectivity index (χ0) is 17.8. The van der Waals surface area contributed by atoms with E-state index in [1.54, 1.807) is 0 Å². The Balaban J connectivity index is 2.17. The van der Waals surface area contributed by atoms with Gasteiger partial charge in [0, 0.05) is 34.3 Å². The summed E-state index contributed by atoms with van der Waals surface area (Å²) in [6.07, 6.45) is -3.42. The van der Waals surface area contributed by atoms with Gasteiger partial charge in [-0.05, 0) is 23.8 Å². The minimum absolute atomic E-state index is 0.0240. The number of aryl methyl sites for hydroxylation is 1. The molecular weight excluding hydrogens is 356 g/mol. The number of aromatic nitrogens is 2. The molecule has 0 atom stereocenters. The van der Waals surface area contributed by atoms with Gasteiger partial charge in [0.2, 0.25) is 0 Å². The highest BCUT2D eigenvalue weighted by atomic mass is 32.2. The molecule has 0 radical (unpaired) electrons. The maximum absolute atomic E-state index is 13.7. The summed E-state index contributed by atoms with van der Waals surface area (Å²) in [6, 6.07) is 5.90. The van der Waals surface area contributed by atoms with Crippen molar-refractivity contribution in [2.45, 2.75) is 17.6 Å². The molecule has 0 bridgehead atoms. The highest BCUT2D eigenvalue weighted by Gasteiger charge is 2.37. The Hall–Kier alpha value is -2.35. The first-order valence-electron chi connectivity index (χ1n) is 7.39. The van der Waals surface area contributed by atoms with Gasteiger partial charge in [-0.15, -0.1) is 11.8 Å². The fourth-order valence-corrected chi connectivity index (χ4v) is 4.26. The zero-order valence-electron chi connectivity index (χ0n) is 12.6. The van der Waals surface area contributed by atoms with Crippen LogP contribution < -0.4 is 5.69 Å². The van der Waals surface area contributed by atoms with E-state index in [-0.39, 0.29) is 16.5 Å². The van der Waals surface area contributed by atoms with Crippen LogP contribution in [0.1, 0.15) is 5.56 Å². The largest absolute Gasteiger partial charge is 0.417 e. The van der Waals surface area contributed by atoms with Crippen LogP contribution in [-0.4, -0.2) is 15.3 Å². The molecule has 2 heterocycles. The summed E-state index contributed by atoms with van der Waals surface area (Å²) in [7, 11) is 0. The maximum Gasteiger partial charge on any atom is 0.417 e. The third kappa shape index (κ3) is 2.60. The molecule has 128 valence electrons. The van der Waals surface area contributed by atoms with Crippen LogP contribution in [0.15, 0.2) is 46.2 Å². The fraction of sp³-hybridized carbons (Fsp3) is 0.176. The third-order valence-electron chi connectivity index (χ3n) is 4.10. The van der Waals surface area contributed by atoms with Crippen LogP contribution >= 0.6 is 11.8 Å². The monoisotopic (exact) mass is 366 g/mol. The van der Waals surface area contributed by atoms with Crippen LogP contribution in [0.3, 0.4) is 0 Å². The summed E-state index contributed by atoms with van der Waals surface area (Å²) in [5.41, 5.74) is -0.620. The first kappa shape index (κ1) is 16.1. The summed E-state index contributed by atoms with van der Waals surface area (Å²) in [4.78, 5) is 16.0. The lowest BCUT2D eigenvalue weighted by Gasteiger charge is -2.24. The third-order valence-corrected chi connectivity index (χ3v) is 5.17. The van der Waals surface area contributed by atoms with E-state index in [2.05, 4.69) is 4.98 Å². The van der Waals surface area contributed by atoms with E-state index in [0.717, 1.165) is 18.2 Å². The second-order valence-electron chi connectivity index (χ2n) is 5.61. The van der Waals surface area contributed by atoms with Gasteiger partial charge in [0.05, 0.1) is 11.1 Å². The molecule has 0 unspecified atom stereocenters. The van der Waals surface area contributed by atoms with Crippen LogP contribution in [0, 0.1) is 5.82 Å². The van der Waals surface area contributed by atoms with Gasteiger partial charge >= 0.3 is 11.9 Å². The van der Waals surface area contributed by atoms with Gasteiger partial charge in [-0.25, -0.2) is 14.2 Å². The van der Waals surface area contributed by atoms with Gasteiger partial charge in [-0.1, -0.05) is 12.1 Å². The second-order valence-corrected chi connectivity index (χ2v) is 6.72. The van der Waals surface area contributed by atoms with Crippen molar-refractivity contribution in [3.05, 3.63) is 58.4 Å². The topological polar surface area (TPSA) is 34.9 Å². The van der Waals surface area contributed by atoms with E-state index in [1.807, 2.05) is 0 Å². The van der Waals surface area contributed by atoms with Gasteiger partial charge in [0.25, 0.3) is 0 Å². The summed E-state index contributed by atoms with van der Waals surface area (Å²) in [5.74, 6) is -0.0658. The van der Waals surface area contributed by atoms with Crippen molar-refractivity contribution in [3.8, 4) is 11.1 Å². The molecule has 25 heavy (non-hydrogen) atoms. The lowest BCUT2D eigenvalue weighted by Crippen LogP contribution is -2.27. The lowest BCUT2D eigenvalue weighted by atomic mass is 9.96. The molecule has 1 aliphatic heterocycles. The molecule has 8 heteroatoms. The molecule has 0 saturated carbocycles. The molecule has 3 nitrogen and oxygen atoms in total. The molecule has 3 aromatic rings. The van der Waals surface area contributed by atoms with E-state index in [0.29, 0.717) is 22.7 Å². The zero-order valence-corrected chi connectivity index (χ0v) is 13.4. The number of rotatable bonds is 1. The summed E-state index contributed by atoms with van der Waals surface area (Å²) >= 11 is 1.26. The second kappa shape index (κ2) is 5.59. The Kier molecular flexibility index (Phi) is 3.61. The van der Waals surface area contributed by atoms with Crippen molar-refractivity contribution in [3.63, 3.8) is 0 Å².